The van der Waals surface area contributed by atoms with E-state index in [1.165, 1.54) is 25.7 Å². The van der Waals surface area contributed by atoms with Crippen LogP contribution in [0.15, 0.2) is 4.99 Å². The minimum absolute atomic E-state index is 0.488. The second-order valence-electron chi connectivity index (χ2n) is 6.41. The van der Waals surface area contributed by atoms with Gasteiger partial charge in [0.05, 0.1) is 0 Å². The first kappa shape index (κ1) is 17.2. The number of guanidine groups is 1. The van der Waals surface area contributed by atoms with Crippen LogP contribution in [0.2, 0.25) is 0 Å². The first-order chi connectivity index (χ1) is 9.50. The van der Waals surface area contributed by atoms with Gasteiger partial charge in [-0.25, -0.2) is 5.84 Å². The van der Waals surface area contributed by atoms with E-state index in [1.807, 2.05) is 6.92 Å². The summed E-state index contributed by atoms with van der Waals surface area (Å²) in [5, 5.41) is 0. The molecule has 0 spiro atoms. The molecule has 1 saturated carbocycles. The van der Waals surface area contributed by atoms with Crippen LogP contribution < -0.4 is 11.3 Å². The zero-order chi connectivity index (χ0) is 15.0. The number of rotatable bonds is 6. The normalized spacial score (nSPS) is 19.9. The Morgan fingerprint density at radius 3 is 2.60 bits per heavy atom. The number of hydrogen-bond donors (Lipinski definition) is 2. The highest BCUT2D eigenvalue weighted by Gasteiger charge is 2.29. The van der Waals surface area contributed by atoms with Crippen LogP contribution in [0.1, 0.15) is 52.9 Å². The molecule has 0 aromatic rings. The van der Waals surface area contributed by atoms with Crippen LogP contribution in [0.25, 0.3) is 0 Å². The molecule has 1 aliphatic carbocycles. The third kappa shape index (κ3) is 5.67. The topological polar surface area (TPSA) is 62.9 Å². The molecule has 0 aromatic carbocycles. The van der Waals surface area contributed by atoms with Gasteiger partial charge in [-0.15, -0.1) is 0 Å². The van der Waals surface area contributed by atoms with Gasteiger partial charge in [0.2, 0.25) is 5.96 Å². The number of nitrogens with one attached hydrogen (secondary N) is 1. The Morgan fingerprint density at radius 1 is 1.40 bits per heavy atom. The number of hydrazine groups is 1. The van der Waals surface area contributed by atoms with Gasteiger partial charge < -0.3 is 9.64 Å². The highest BCUT2D eigenvalue weighted by molar-refractivity contribution is 5.79. The van der Waals surface area contributed by atoms with Crippen LogP contribution in [0.5, 0.6) is 0 Å². The average Bonchev–Trinajstić information content (AvgIpc) is 2.42. The number of nitrogens with zero attached hydrogens (tertiary/aromatic N) is 2. The minimum Gasteiger partial charge on any atom is -0.382 e. The van der Waals surface area contributed by atoms with E-state index < -0.39 is 0 Å². The van der Waals surface area contributed by atoms with Crippen molar-refractivity contribution in [2.45, 2.75) is 58.9 Å². The molecule has 1 aliphatic rings. The van der Waals surface area contributed by atoms with Gasteiger partial charge in [-0.3, -0.25) is 10.4 Å². The maximum absolute atomic E-state index is 5.62. The third-order valence-electron chi connectivity index (χ3n) is 4.23. The quantitative estimate of drug-likeness (QED) is 0.258. The fraction of sp³-hybridized carbons (Fsp3) is 0.933. The minimum atomic E-state index is 0.488. The van der Waals surface area contributed by atoms with Crippen LogP contribution in [-0.4, -0.2) is 43.7 Å². The van der Waals surface area contributed by atoms with Crippen molar-refractivity contribution in [2.75, 3.05) is 26.8 Å². The van der Waals surface area contributed by atoms with Crippen molar-refractivity contribution in [1.82, 2.24) is 10.3 Å². The van der Waals surface area contributed by atoms with Crippen molar-refractivity contribution >= 4 is 5.96 Å². The van der Waals surface area contributed by atoms with Gasteiger partial charge in [-0.1, -0.05) is 13.8 Å². The molecule has 0 saturated heterocycles. The van der Waals surface area contributed by atoms with Gasteiger partial charge in [-0.05, 0) is 44.4 Å². The molecule has 0 aliphatic heterocycles. The monoisotopic (exact) mass is 284 g/mol. The van der Waals surface area contributed by atoms with E-state index in [9.17, 15) is 0 Å². The maximum Gasteiger partial charge on any atom is 0.208 e. The Balaban J connectivity index is 2.42. The molecule has 0 unspecified atom stereocenters. The van der Waals surface area contributed by atoms with E-state index in [4.69, 9.17) is 10.6 Å². The predicted molar refractivity (Wildman–Crippen MR) is 84.5 cm³/mol. The SMILES string of the molecule is CCOCCCN=C(NN)N(C)C1CCC(C)(C)CC1. The van der Waals surface area contributed by atoms with Gasteiger partial charge in [-0.2, -0.15) is 0 Å². The molecule has 3 N–H and O–H groups in total. The summed E-state index contributed by atoms with van der Waals surface area (Å²) in [4.78, 5) is 6.76. The lowest BCUT2D eigenvalue weighted by Crippen LogP contribution is -2.49. The largest absolute Gasteiger partial charge is 0.382 e. The van der Waals surface area contributed by atoms with Crippen molar-refractivity contribution in [3.05, 3.63) is 0 Å². The molecule has 0 bridgehead atoms. The molecule has 118 valence electrons. The number of aliphatic imine (C=N–C) groups is 1. The lowest BCUT2D eigenvalue weighted by Gasteiger charge is -2.39. The van der Waals surface area contributed by atoms with Crippen molar-refractivity contribution in [1.29, 1.82) is 0 Å². The van der Waals surface area contributed by atoms with Gasteiger partial charge in [0.25, 0.3) is 0 Å². The van der Waals surface area contributed by atoms with Crippen LogP contribution in [0, 0.1) is 5.41 Å². The van der Waals surface area contributed by atoms with E-state index in [2.05, 4.69) is 36.2 Å². The van der Waals surface area contributed by atoms with Crippen molar-refractivity contribution in [2.24, 2.45) is 16.3 Å². The molecule has 0 amide bonds. The van der Waals surface area contributed by atoms with Crippen molar-refractivity contribution in [3.63, 3.8) is 0 Å². The summed E-state index contributed by atoms with van der Waals surface area (Å²) >= 11 is 0. The lowest BCUT2D eigenvalue weighted by molar-refractivity contribution is 0.146. The van der Waals surface area contributed by atoms with E-state index in [-0.39, 0.29) is 0 Å². The standard InChI is InChI=1S/C15H32N4O/c1-5-20-12-6-11-17-14(18-16)19(4)13-7-9-15(2,3)10-8-13/h13H,5-12,16H2,1-4H3,(H,17,18). The zero-order valence-electron chi connectivity index (χ0n) is 13.6. The summed E-state index contributed by atoms with van der Waals surface area (Å²) in [6, 6.07) is 0.546. The first-order valence-electron chi connectivity index (χ1n) is 7.82. The second-order valence-corrected chi connectivity index (χ2v) is 6.41. The van der Waals surface area contributed by atoms with Crippen LogP contribution in [-0.2, 0) is 4.74 Å². The van der Waals surface area contributed by atoms with Crippen molar-refractivity contribution in [3.8, 4) is 0 Å². The number of ether oxygens (including phenoxy) is 1. The average molecular weight is 284 g/mol. The van der Waals surface area contributed by atoms with E-state index >= 15 is 0 Å². The molecule has 0 radical (unpaired) electrons. The molecule has 0 heterocycles. The van der Waals surface area contributed by atoms with Crippen molar-refractivity contribution < 1.29 is 4.74 Å². The molecule has 0 aromatic heterocycles. The highest BCUT2D eigenvalue weighted by atomic mass is 16.5. The van der Waals surface area contributed by atoms with Crippen LogP contribution in [0.4, 0.5) is 0 Å². The summed E-state index contributed by atoms with van der Waals surface area (Å²) in [6.07, 6.45) is 5.89. The fourth-order valence-electron chi connectivity index (χ4n) is 2.70. The second kappa shape index (κ2) is 8.47. The zero-order valence-corrected chi connectivity index (χ0v) is 13.6. The summed E-state index contributed by atoms with van der Waals surface area (Å²) in [5.74, 6) is 6.42. The highest BCUT2D eigenvalue weighted by Crippen LogP contribution is 2.36. The Bertz CT molecular complexity index is 294. The molecule has 1 rings (SSSR count). The Labute approximate surface area is 123 Å². The van der Waals surface area contributed by atoms with E-state index in [0.717, 1.165) is 32.1 Å². The molecule has 20 heavy (non-hydrogen) atoms. The van der Waals surface area contributed by atoms with Gasteiger partial charge in [0, 0.05) is 32.8 Å². The number of nitrogens with two attached hydrogens (primary N) is 1. The summed E-state index contributed by atoms with van der Waals surface area (Å²) < 4.78 is 5.31. The summed E-state index contributed by atoms with van der Waals surface area (Å²) in [6.45, 7) is 9.00. The van der Waals surface area contributed by atoms with Gasteiger partial charge >= 0.3 is 0 Å². The summed E-state index contributed by atoms with van der Waals surface area (Å²) in [5.41, 5.74) is 3.23. The molecule has 1 fully saturated rings. The smallest absolute Gasteiger partial charge is 0.208 e. The van der Waals surface area contributed by atoms with Gasteiger partial charge in [0.15, 0.2) is 0 Å². The molecular formula is C15H32N4O. The van der Waals surface area contributed by atoms with E-state index in [0.29, 0.717) is 11.5 Å². The summed E-state index contributed by atoms with van der Waals surface area (Å²) in [7, 11) is 2.09. The fourth-order valence-corrected chi connectivity index (χ4v) is 2.70. The molecule has 5 nitrogen and oxygen atoms in total. The lowest BCUT2D eigenvalue weighted by atomic mass is 9.75. The predicted octanol–water partition coefficient (Wildman–Crippen LogP) is 2.13. The molecule has 0 atom stereocenters. The Morgan fingerprint density at radius 2 is 2.05 bits per heavy atom. The third-order valence-corrected chi connectivity index (χ3v) is 4.23. The Hall–Kier alpha value is -0.810. The molecular weight excluding hydrogens is 252 g/mol. The molecule has 5 heteroatoms. The van der Waals surface area contributed by atoms with Crippen LogP contribution in [0.3, 0.4) is 0 Å². The first-order valence-corrected chi connectivity index (χ1v) is 7.82. The Kier molecular flexibility index (Phi) is 7.30. The van der Waals surface area contributed by atoms with E-state index in [1.54, 1.807) is 0 Å². The van der Waals surface area contributed by atoms with Crippen LogP contribution >= 0.6 is 0 Å². The van der Waals surface area contributed by atoms with Gasteiger partial charge in [0.1, 0.15) is 0 Å². The number of hydrogen-bond acceptors (Lipinski definition) is 3. The maximum atomic E-state index is 5.62.